The van der Waals surface area contributed by atoms with Crippen molar-refractivity contribution in [3.8, 4) is 0 Å². The van der Waals surface area contributed by atoms with E-state index in [0.29, 0.717) is 6.42 Å². The van der Waals surface area contributed by atoms with E-state index in [0.717, 1.165) is 35.1 Å². The van der Waals surface area contributed by atoms with Gasteiger partial charge in [0, 0.05) is 19.9 Å². The molecule has 0 atom stereocenters. The zero-order valence-electron chi connectivity index (χ0n) is 9.59. The fourth-order valence-corrected chi connectivity index (χ4v) is 2.56. The van der Waals surface area contributed by atoms with E-state index in [1.54, 1.807) is 6.08 Å². The lowest BCUT2D eigenvalue weighted by Crippen LogP contribution is -2.07. The Hall–Kier alpha value is -0.900. The number of halogens is 1. The normalized spacial score (nSPS) is 16.4. The van der Waals surface area contributed by atoms with Crippen LogP contribution >= 0.6 is 15.9 Å². The molecule has 86 valence electrons. The molecule has 2 rings (SSSR count). The predicted molar refractivity (Wildman–Crippen MR) is 66.3 cm³/mol. The average molecular weight is 283 g/mol. The quantitative estimate of drug-likeness (QED) is 0.836. The number of carbonyl (C=O) groups excluding carboxylic acids is 1. The van der Waals surface area contributed by atoms with E-state index in [1.165, 1.54) is 5.57 Å². The van der Waals surface area contributed by atoms with Crippen molar-refractivity contribution in [3.05, 3.63) is 27.5 Å². The standard InChI is InChI=1S/C12H15BrN2O/c1-8-12(13)11(15(2)14-8)7-9-4-3-5-10(16)6-9/h6H,3-5,7H2,1-2H3. The maximum Gasteiger partial charge on any atom is 0.155 e. The molecule has 0 fully saturated rings. The maximum absolute atomic E-state index is 11.3. The first-order valence-electron chi connectivity index (χ1n) is 5.48. The van der Waals surface area contributed by atoms with E-state index in [2.05, 4.69) is 21.0 Å². The predicted octanol–water partition coefficient (Wildman–Crippen LogP) is 2.71. The van der Waals surface area contributed by atoms with Crippen molar-refractivity contribution in [1.82, 2.24) is 9.78 Å². The third kappa shape index (κ3) is 2.26. The fraction of sp³-hybridized carbons (Fsp3) is 0.500. The van der Waals surface area contributed by atoms with Crippen molar-refractivity contribution in [3.63, 3.8) is 0 Å². The summed E-state index contributed by atoms with van der Waals surface area (Å²) < 4.78 is 2.95. The third-order valence-corrected chi connectivity index (χ3v) is 3.97. The summed E-state index contributed by atoms with van der Waals surface area (Å²) >= 11 is 3.55. The SMILES string of the molecule is Cc1nn(C)c(CC2=CC(=O)CCC2)c1Br. The molecule has 0 aromatic carbocycles. The third-order valence-electron chi connectivity index (χ3n) is 2.94. The van der Waals surface area contributed by atoms with Crippen LogP contribution in [0.5, 0.6) is 0 Å². The molecule has 1 aromatic heterocycles. The molecule has 4 heteroatoms. The number of aryl methyl sites for hydroxylation is 2. The minimum absolute atomic E-state index is 0.260. The van der Waals surface area contributed by atoms with Gasteiger partial charge in [-0.2, -0.15) is 5.10 Å². The van der Waals surface area contributed by atoms with Crippen LogP contribution in [0.2, 0.25) is 0 Å². The molecule has 0 N–H and O–H groups in total. The molecule has 0 amide bonds. The summed E-state index contributed by atoms with van der Waals surface area (Å²) in [5, 5.41) is 4.35. The molecular formula is C12H15BrN2O. The van der Waals surface area contributed by atoms with Gasteiger partial charge in [-0.25, -0.2) is 0 Å². The Morgan fingerprint density at radius 3 is 2.81 bits per heavy atom. The van der Waals surface area contributed by atoms with Gasteiger partial charge >= 0.3 is 0 Å². The molecule has 16 heavy (non-hydrogen) atoms. The number of nitrogens with zero attached hydrogens (tertiary/aromatic N) is 2. The molecule has 0 spiro atoms. The van der Waals surface area contributed by atoms with E-state index >= 15 is 0 Å². The first kappa shape index (κ1) is 11.6. The van der Waals surface area contributed by atoms with E-state index in [1.807, 2.05) is 18.7 Å². The zero-order valence-corrected chi connectivity index (χ0v) is 11.2. The second-order valence-electron chi connectivity index (χ2n) is 4.27. The Morgan fingerprint density at radius 2 is 2.25 bits per heavy atom. The van der Waals surface area contributed by atoms with Gasteiger partial charge in [0.25, 0.3) is 0 Å². The molecule has 0 saturated carbocycles. The second kappa shape index (κ2) is 4.53. The number of aromatic nitrogens is 2. The van der Waals surface area contributed by atoms with Gasteiger partial charge in [-0.15, -0.1) is 0 Å². The molecule has 0 aliphatic heterocycles. The molecule has 3 nitrogen and oxygen atoms in total. The van der Waals surface area contributed by atoms with Gasteiger partial charge in [0.05, 0.1) is 15.9 Å². The number of allylic oxidation sites excluding steroid dienone is 2. The van der Waals surface area contributed by atoms with E-state index in [4.69, 9.17) is 0 Å². The van der Waals surface area contributed by atoms with E-state index in [9.17, 15) is 4.79 Å². The molecule has 0 radical (unpaired) electrons. The summed E-state index contributed by atoms with van der Waals surface area (Å²) in [6.07, 6.45) is 5.35. The van der Waals surface area contributed by atoms with E-state index < -0.39 is 0 Å². The maximum atomic E-state index is 11.3. The zero-order chi connectivity index (χ0) is 11.7. The largest absolute Gasteiger partial charge is 0.295 e. The molecular weight excluding hydrogens is 268 g/mol. The summed E-state index contributed by atoms with van der Waals surface area (Å²) in [5.41, 5.74) is 3.37. The van der Waals surface area contributed by atoms with Crippen LogP contribution in [0.25, 0.3) is 0 Å². The van der Waals surface area contributed by atoms with Crippen molar-refractivity contribution in [2.75, 3.05) is 0 Å². The summed E-state index contributed by atoms with van der Waals surface area (Å²) in [4.78, 5) is 11.3. The number of rotatable bonds is 2. The van der Waals surface area contributed by atoms with Crippen LogP contribution in [0.3, 0.4) is 0 Å². The summed E-state index contributed by atoms with van der Waals surface area (Å²) in [7, 11) is 1.94. The first-order chi connectivity index (χ1) is 7.58. The number of carbonyl (C=O) groups is 1. The highest BCUT2D eigenvalue weighted by molar-refractivity contribution is 9.10. The molecule has 1 heterocycles. The monoisotopic (exact) mass is 282 g/mol. The first-order valence-corrected chi connectivity index (χ1v) is 6.27. The van der Waals surface area contributed by atoms with Gasteiger partial charge in [-0.05, 0) is 41.8 Å². The van der Waals surface area contributed by atoms with Crippen molar-refractivity contribution in [2.45, 2.75) is 32.6 Å². The Bertz CT molecular complexity index is 460. The highest BCUT2D eigenvalue weighted by Crippen LogP contribution is 2.26. The molecule has 0 unspecified atom stereocenters. The van der Waals surface area contributed by atoms with Crippen LogP contribution in [0, 0.1) is 6.92 Å². The minimum atomic E-state index is 0.260. The van der Waals surface area contributed by atoms with Crippen LogP contribution in [-0.2, 0) is 18.3 Å². The lowest BCUT2D eigenvalue weighted by atomic mass is 9.95. The van der Waals surface area contributed by atoms with Crippen LogP contribution in [0.1, 0.15) is 30.7 Å². The van der Waals surface area contributed by atoms with Crippen molar-refractivity contribution in [1.29, 1.82) is 0 Å². The van der Waals surface area contributed by atoms with Crippen LogP contribution in [-0.4, -0.2) is 15.6 Å². The van der Waals surface area contributed by atoms with E-state index in [-0.39, 0.29) is 5.78 Å². The van der Waals surface area contributed by atoms with Gasteiger partial charge in [0.15, 0.2) is 5.78 Å². The number of ketones is 1. The van der Waals surface area contributed by atoms with Crippen molar-refractivity contribution in [2.24, 2.45) is 7.05 Å². The van der Waals surface area contributed by atoms with Gasteiger partial charge in [0.2, 0.25) is 0 Å². The van der Waals surface area contributed by atoms with Gasteiger partial charge in [0.1, 0.15) is 0 Å². The second-order valence-corrected chi connectivity index (χ2v) is 5.06. The summed E-state index contributed by atoms with van der Waals surface area (Å²) in [6, 6.07) is 0. The topological polar surface area (TPSA) is 34.9 Å². The fourth-order valence-electron chi connectivity index (χ4n) is 2.09. The van der Waals surface area contributed by atoms with Crippen LogP contribution < -0.4 is 0 Å². The highest BCUT2D eigenvalue weighted by Gasteiger charge is 2.15. The van der Waals surface area contributed by atoms with Gasteiger partial charge < -0.3 is 0 Å². The molecule has 0 bridgehead atoms. The van der Waals surface area contributed by atoms with Gasteiger partial charge in [-0.1, -0.05) is 5.57 Å². The smallest absolute Gasteiger partial charge is 0.155 e. The minimum Gasteiger partial charge on any atom is -0.295 e. The Morgan fingerprint density at radius 1 is 1.50 bits per heavy atom. The van der Waals surface area contributed by atoms with Gasteiger partial charge in [-0.3, -0.25) is 9.48 Å². The number of hydrogen-bond acceptors (Lipinski definition) is 2. The van der Waals surface area contributed by atoms with Crippen LogP contribution in [0.4, 0.5) is 0 Å². The number of hydrogen-bond donors (Lipinski definition) is 0. The van der Waals surface area contributed by atoms with Crippen molar-refractivity contribution < 1.29 is 4.79 Å². The Kier molecular flexibility index (Phi) is 3.28. The van der Waals surface area contributed by atoms with Crippen LogP contribution in [0.15, 0.2) is 16.1 Å². The lowest BCUT2D eigenvalue weighted by molar-refractivity contribution is -0.115. The summed E-state index contributed by atoms with van der Waals surface area (Å²) in [6.45, 7) is 1.98. The Labute approximate surface area is 104 Å². The van der Waals surface area contributed by atoms with Crippen molar-refractivity contribution >= 4 is 21.7 Å². The average Bonchev–Trinajstić information content (AvgIpc) is 2.45. The molecule has 1 aliphatic rings. The Balaban J connectivity index is 2.24. The lowest BCUT2D eigenvalue weighted by Gasteiger charge is -2.12. The highest BCUT2D eigenvalue weighted by atomic mass is 79.9. The molecule has 0 saturated heterocycles. The summed E-state index contributed by atoms with van der Waals surface area (Å²) in [5.74, 6) is 0.260. The molecule has 1 aliphatic carbocycles. The molecule has 1 aromatic rings.